The smallest absolute Gasteiger partial charge is 0.0669 e. The standard InChI is InChI=1S/C11H17N3O/c12-5-1-3-10(7-13)8-14-6-2-4-11(15)9-14/h10-11,15H,1-4,6,8-9H2. The van der Waals surface area contributed by atoms with Gasteiger partial charge in [-0.3, -0.25) is 4.90 Å². The molecule has 0 aliphatic carbocycles. The minimum atomic E-state index is -0.242. The Morgan fingerprint density at radius 2 is 2.27 bits per heavy atom. The molecule has 1 fully saturated rings. The molecule has 82 valence electrons. The van der Waals surface area contributed by atoms with Crippen LogP contribution in [0.15, 0.2) is 0 Å². The average Bonchev–Trinajstić information content (AvgIpc) is 2.24. The first-order chi connectivity index (χ1) is 7.26. The summed E-state index contributed by atoms with van der Waals surface area (Å²) in [6.07, 6.45) is 2.70. The van der Waals surface area contributed by atoms with Gasteiger partial charge in [0, 0.05) is 19.5 Å². The van der Waals surface area contributed by atoms with Gasteiger partial charge in [0.1, 0.15) is 0 Å². The van der Waals surface area contributed by atoms with Crippen molar-refractivity contribution in [1.29, 1.82) is 10.5 Å². The fraction of sp³-hybridized carbons (Fsp3) is 0.818. The summed E-state index contributed by atoms with van der Waals surface area (Å²) < 4.78 is 0. The molecule has 4 heteroatoms. The number of β-amino-alcohol motifs (C(OH)–C–C–N with tert-alkyl or cyclic N) is 1. The number of nitriles is 2. The molecule has 0 saturated carbocycles. The molecule has 1 saturated heterocycles. The summed E-state index contributed by atoms with van der Waals surface area (Å²) in [4.78, 5) is 2.12. The molecular weight excluding hydrogens is 190 g/mol. The van der Waals surface area contributed by atoms with Crippen LogP contribution in [0.3, 0.4) is 0 Å². The van der Waals surface area contributed by atoms with Crippen molar-refractivity contribution in [1.82, 2.24) is 4.90 Å². The summed E-state index contributed by atoms with van der Waals surface area (Å²) in [7, 11) is 0. The van der Waals surface area contributed by atoms with Crippen LogP contribution in [0.2, 0.25) is 0 Å². The highest BCUT2D eigenvalue weighted by Crippen LogP contribution is 2.14. The van der Waals surface area contributed by atoms with Gasteiger partial charge in [0.2, 0.25) is 0 Å². The number of likely N-dealkylation sites (tertiary alicyclic amines) is 1. The Hall–Kier alpha value is -1.10. The van der Waals surface area contributed by atoms with Gasteiger partial charge in [0.15, 0.2) is 0 Å². The summed E-state index contributed by atoms with van der Waals surface area (Å²) in [5.41, 5.74) is 0. The molecule has 0 amide bonds. The maximum Gasteiger partial charge on any atom is 0.0669 e. The topological polar surface area (TPSA) is 71.0 Å². The lowest BCUT2D eigenvalue weighted by Gasteiger charge is -2.31. The monoisotopic (exact) mass is 207 g/mol. The van der Waals surface area contributed by atoms with Crippen LogP contribution in [0.5, 0.6) is 0 Å². The molecule has 0 radical (unpaired) electrons. The number of hydrogen-bond donors (Lipinski definition) is 1. The zero-order chi connectivity index (χ0) is 11.1. The lowest BCUT2D eigenvalue weighted by Crippen LogP contribution is -2.40. The van der Waals surface area contributed by atoms with Crippen LogP contribution in [0.1, 0.15) is 25.7 Å². The summed E-state index contributed by atoms with van der Waals surface area (Å²) in [6, 6.07) is 4.28. The molecule has 15 heavy (non-hydrogen) atoms. The first-order valence-corrected chi connectivity index (χ1v) is 5.43. The van der Waals surface area contributed by atoms with Gasteiger partial charge in [0.05, 0.1) is 24.2 Å². The van der Waals surface area contributed by atoms with Crippen molar-refractivity contribution < 1.29 is 5.11 Å². The normalized spacial score (nSPS) is 24.1. The van der Waals surface area contributed by atoms with E-state index in [0.717, 1.165) is 19.4 Å². The van der Waals surface area contributed by atoms with E-state index in [2.05, 4.69) is 17.0 Å². The molecule has 2 unspecified atom stereocenters. The van der Waals surface area contributed by atoms with E-state index < -0.39 is 0 Å². The predicted molar refractivity (Wildman–Crippen MR) is 55.6 cm³/mol. The van der Waals surface area contributed by atoms with E-state index in [1.807, 2.05) is 0 Å². The number of nitrogens with zero attached hydrogens (tertiary/aromatic N) is 3. The summed E-state index contributed by atoms with van der Waals surface area (Å²) in [6.45, 7) is 2.32. The Labute approximate surface area is 90.7 Å². The van der Waals surface area contributed by atoms with Gasteiger partial charge < -0.3 is 5.11 Å². The van der Waals surface area contributed by atoms with Crippen LogP contribution in [-0.2, 0) is 0 Å². The van der Waals surface area contributed by atoms with Crippen LogP contribution in [-0.4, -0.2) is 35.7 Å². The fourth-order valence-electron chi connectivity index (χ4n) is 1.94. The Kier molecular flexibility index (Phi) is 5.10. The van der Waals surface area contributed by atoms with E-state index >= 15 is 0 Å². The van der Waals surface area contributed by atoms with E-state index in [9.17, 15) is 5.11 Å². The first-order valence-electron chi connectivity index (χ1n) is 5.43. The van der Waals surface area contributed by atoms with Crippen LogP contribution < -0.4 is 0 Å². The Morgan fingerprint density at radius 1 is 1.47 bits per heavy atom. The quantitative estimate of drug-likeness (QED) is 0.743. The molecule has 1 N–H and O–H groups in total. The van der Waals surface area contributed by atoms with E-state index in [-0.39, 0.29) is 12.0 Å². The maximum atomic E-state index is 9.46. The van der Waals surface area contributed by atoms with E-state index in [0.29, 0.717) is 25.9 Å². The average molecular weight is 207 g/mol. The molecule has 0 aromatic rings. The fourth-order valence-corrected chi connectivity index (χ4v) is 1.94. The Morgan fingerprint density at radius 3 is 2.87 bits per heavy atom. The van der Waals surface area contributed by atoms with Gasteiger partial charge >= 0.3 is 0 Å². The third-order valence-corrected chi connectivity index (χ3v) is 2.75. The molecule has 1 heterocycles. The third-order valence-electron chi connectivity index (χ3n) is 2.75. The SMILES string of the molecule is N#CCCC(C#N)CN1CCCC(O)C1. The molecular formula is C11H17N3O. The summed E-state index contributed by atoms with van der Waals surface area (Å²) >= 11 is 0. The van der Waals surface area contributed by atoms with Crippen LogP contribution in [0.4, 0.5) is 0 Å². The highest BCUT2D eigenvalue weighted by atomic mass is 16.3. The first kappa shape index (κ1) is 12.0. The van der Waals surface area contributed by atoms with E-state index in [4.69, 9.17) is 10.5 Å². The van der Waals surface area contributed by atoms with Gasteiger partial charge in [-0.2, -0.15) is 10.5 Å². The zero-order valence-electron chi connectivity index (χ0n) is 8.89. The lowest BCUT2D eigenvalue weighted by molar-refractivity contribution is 0.0654. The van der Waals surface area contributed by atoms with Crippen LogP contribution in [0.25, 0.3) is 0 Å². The number of hydrogen-bond acceptors (Lipinski definition) is 4. The maximum absolute atomic E-state index is 9.46. The van der Waals surface area contributed by atoms with Crippen molar-refractivity contribution >= 4 is 0 Å². The van der Waals surface area contributed by atoms with Gasteiger partial charge in [-0.25, -0.2) is 0 Å². The molecule has 2 atom stereocenters. The van der Waals surface area contributed by atoms with Gasteiger partial charge in [-0.1, -0.05) is 0 Å². The molecule has 4 nitrogen and oxygen atoms in total. The van der Waals surface area contributed by atoms with Gasteiger partial charge in [-0.05, 0) is 25.8 Å². The number of aliphatic hydroxyl groups excluding tert-OH is 1. The van der Waals surface area contributed by atoms with Crippen molar-refractivity contribution in [2.24, 2.45) is 5.92 Å². The number of piperidine rings is 1. The minimum absolute atomic E-state index is 0.0741. The second-order valence-corrected chi connectivity index (χ2v) is 4.08. The second kappa shape index (κ2) is 6.40. The second-order valence-electron chi connectivity index (χ2n) is 4.08. The molecule has 0 aromatic carbocycles. The molecule has 0 spiro atoms. The van der Waals surface area contributed by atoms with Crippen molar-refractivity contribution in [2.75, 3.05) is 19.6 Å². The molecule has 1 aliphatic heterocycles. The van der Waals surface area contributed by atoms with Crippen LogP contribution in [0, 0.1) is 28.6 Å². The van der Waals surface area contributed by atoms with Crippen molar-refractivity contribution in [3.8, 4) is 12.1 Å². The van der Waals surface area contributed by atoms with Crippen LogP contribution >= 0.6 is 0 Å². The minimum Gasteiger partial charge on any atom is -0.392 e. The molecule has 1 aliphatic rings. The summed E-state index contributed by atoms with van der Waals surface area (Å²) in [5.74, 6) is -0.0741. The summed E-state index contributed by atoms with van der Waals surface area (Å²) in [5, 5.41) is 26.8. The Bertz CT molecular complexity index is 266. The van der Waals surface area contributed by atoms with E-state index in [1.165, 1.54) is 0 Å². The number of rotatable bonds is 4. The highest BCUT2D eigenvalue weighted by molar-refractivity contribution is 4.89. The zero-order valence-corrected chi connectivity index (χ0v) is 8.89. The molecule has 0 bridgehead atoms. The van der Waals surface area contributed by atoms with Crippen molar-refractivity contribution in [2.45, 2.75) is 31.8 Å². The van der Waals surface area contributed by atoms with Crippen molar-refractivity contribution in [3.05, 3.63) is 0 Å². The molecule has 1 rings (SSSR count). The third kappa shape index (κ3) is 4.29. The van der Waals surface area contributed by atoms with Gasteiger partial charge in [0.25, 0.3) is 0 Å². The number of aliphatic hydroxyl groups is 1. The highest BCUT2D eigenvalue weighted by Gasteiger charge is 2.20. The Balaban J connectivity index is 2.31. The van der Waals surface area contributed by atoms with E-state index in [1.54, 1.807) is 0 Å². The van der Waals surface area contributed by atoms with Gasteiger partial charge in [-0.15, -0.1) is 0 Å². The predicted octanol–water partition coefficient (Wildman–Crippen LogP) is 0.887. The largest absolute Gasteiger partial charge is 0.392 e. The lowest BCUT2D eigenvalue weighted by atomic mass is 10.0. The van der Waals surface area contributed by atoms with Crippen molar-refractivity contribution in [3.63, 3.8) is 0 Å². The molecule has 0 aromatic heterocycles.